The molecule has 0 bridgehead atoms. The number of likely N-dealkylation sites (N-methyl/N-ethyl adjacent to an activating group) is 1. The van der Waals surface area contributed by atoms with Crippen molar-refractivity contribution in [3.8, 4) is 5.75 Å². The van der Waals surface area contributed by atoms with Crippen molar-refractivity contribution < 1.29 is 32.2 Å². The molecule has 1 aliphatic carbocycles. The number of nitrogens with zero attached hydrogens (tertiary/aromatic N) is 4. The number of alkyl halides is 3. The van der Waals surface area contributed by atoms with Gasteiger partial charge in [0.05, 0.1) is 11.9 Å². The zero-order chi connectivity index (χ0) is 25.5. The van der Waals surface area contributed by atoms with Crippen LogP contribution in [0.5, 0.6) is 5.75 Å². The second-order valence-corrected chi connectivity index (χ2v) is 8.62. The van der Waals surface area contributed by atoms with Gasteiger partial charge in [0, 0.05) is 32.9 Å². The van der Waals surface area contributed by atoms with Crippen LogP contribution < -0.4 is 20.3 Å². The molecular weight excluding hydrogens is 557 g/mol. The molecule has 1 amide bonds. The molecule has 0 spiro atoms. The maximum atomic E-state index is 12.6. The van der Waals surface area contributed by atoms with Gasteiger partial charge in [-0.15, -0.1) is 0 Å². The number of ether oxygens (including phenoxy) is 2. The monoisotopic (exact) mass is 594 g/mol. The molecule has 2 aromatic heterocycles. The first-order chi connectivity index (χ1) is 16.4. The molecule has 1 saturated carbocycles. The molecule has 2 aliphatic rings. The van der Waals surface area contributed by atoms with Gasteiger partial charge in [0.2, 0.25) is 5.95 Å². The van der Waals surface area contributed by atoms with Gasteiger partial charge in [0.25, 0.3) is 5.91 Å². The van der Waals surface area contributed by atoms with Crippen molar-refractivity contribution in [2.24, 2.45) is 0 Å². The predicted octanol–water partition coefficient (Wildman–Crippen LogP) is 4.43. The molecule has 220 valence electrons. The maximum Gasteiger partial charge on any atom is 0.433 e. The predicted molar refractivity (Wildman–Crippen MR) is 153 cm³/mol. The molecule has 1 fully saturated rings. The van der Waals surface area contributed by atoms with E-state index in [0.717, 1.165) is 12.3 Å². The molecular formula is C24H37F3N6O4S2. The van der Waals surface area contributed by atoms with Crippen LogP contribution in [0.2, 0.25) is 0 Å². The van der Waals surface area contributed by atoms with Crippen molar-refractivity contribution in [1.29, 1.82) is 0 Å². The normalized spacial score (nSPS) is 20.1. The molecule has 15 heteroatoms. The zero-order valence-corrected chi connectivity index (χ0v) is 22.5. The average Bonchev–Trinajstić information content (AvgIpc) is 2.72. The van der Waals surface area contributed by atoms with Crippen molar-refractivity contribution in [1.82, 2.24) is 15.0 Å². The summed E-state index contributed by atoms with van der Waals surface area (Å²) >= 11 is 0. The minimum Gasteiger partial charge on any atom is -0.489 e. The van der Waals surface area contributed by atoms with Crippen molar-refractivity contribution in [2.75, 3.05) is 22.6 Å². The number of amides is 1. The highest BCUT2D eigenvalue weighted by Crippen LogP contribution is 2.35. The molecule has 0 aromatic carbocycles. The molecule has 3 heterocycles. The first-order valence-corrected chi connectivity index (χ1v) is 11.0. The summed E-state index contributed by atoms with van der Waals surface area (Å²) in [5.41, 5.74) is 0.0850. The minimum absolute atomic E-state index is 0. The number of pyridine rings is 1. The number of hydrogen-bond donors (Lipinski definition) is 2. The molecule has 2 aromatic rings. The summed E-state index contributed by atoms with van der Waals surface area (Å²) in [6.07, 6.45) is -3.11. The van der Waals surface area contributed by atoms with Crippen LogP contribution in [0.25, 0.3) is 0 Å². The molecule has 10 nitrogen and oxygen atoms in total. The van der Waals surface area contributed by atoms with Gasteiger partial charge in [-0.2, -0.15) is 45.1 Å². The van der Waals surface area contributed by atoms with Gasteiger partial charge in [-0.25, -0.2) is 9.97 Å². The van der Waals surface area contributed by atoms with E-state index in [1.807, 2.05) is 0 Å². The standard InChI is InChI=1S/C22H25F3N6O4.2CH4.2H2S/c1-10-17-19(31(4)18(20(33)29-17)11(2)34-12(3)32)30-21(27-10)28-13-7-15(8-13)35-14-5-6-16(26-9-14)22(23,24)25;;;;/h5-6,9,11,13,15,18H,7-8H2,1-4H3,(H,29,33)(H,27,28,30);2*1H4;2*1H2/t11-,13?,15?,18-;;;;/m0..../s1. The number of aromatic nitrogens is 3. The molecule has 2 atom stereocenters. The summed E-state index contributed by atoms with van der Waals surface area (Å²) in [4.78, 5) is 38.0. The Kier molecular flexibility index (Phi) is 12.9. The quantitative estimate of drug-likeness (QED) is 0.469. The van der Waals surface area contributed by atoms with E-state index in [4.69, 9.17) is 9.47 Å². The first kappa shape index (κ1) is 36.1. The van der Waals surface area contributed by atoms with Gasteiger partial charge >= 0.3 is 12.1 Å². The Morgan fingerprint density at radius 1 is 1.21 bits per heavy atom. The van der Waals surface area contributed by atoms with E-state index in [2.05, 4.69) is 25.6 Å². The fraction of sp³-hybridized carbons (Fsp3) is 0.542. The highest BCUT2D eigenvalue weighted by Gasteiger charge is 2.39. The van der Waals surface area contributed by atoms with Gasteiger partial charge in [-0.3, -0.25) is 9.59 Å². The topological polar surface area (TPSA) is 119 Å². The summed E-state index contributed by atoms with van der Waals surface area (Å²) in [6.45, 7) is 4.67. The summed E-state index contributed by atoms with van der Waals surface area (Å²) < 4.78 is 48.8. The highest BCUT2D eigenvalue weighted by atomic mass is 32.1. The lowest BCUT2D eigenvalue weighted by Gasteiger charge is -2.38. The van der Waals surface area contributed by atoms with Gasteiger partial charge in [-0.05, 0) is 26.0 Å². The van der Waals surface area contributed by atoms with Crippen LogP contribution in [0.4, 0.5) is 30.6 Å². The molecule has 2 N–H and O–H groups in total. The Balaban J connectivity index is 0.00000361. The highest BCUT2D eigenvalue weighted by molar-refractivity contribution is 7.59. The Bertz CT molecular complexity index is 1130. The third kappa shape index (κ3) is 8.03. The Morgan fingerprint density at radius 2 is 1.85 bits per heavy atom. The zero-order valence-electron chi connectivity index (χ0n) is 20.5. The van der Waals surface area contributed by atoms with Gasteiger partial charge in [0.1, 0.15) is 35.4 Å². The minimum atomic E-state index is -4.49. The summed E-state index contributed by atoms with van der Waals surface area (Å²) in [7, 11) is 1.70. The van der Waals surface area contributed by atoms with Gasteiger partial charge in [0.15, 0.2) is 5.82 Å². The number of fused-ring (bicyclic) bond motifs is 1. The Labute approximate surface area is 240 Å². The van der Waals surface area contributed by atoms with Crippen LogP contribution in [0.15, 0.2) is 18.3 Å². The van der Waals surface area contributed by atoms with Crippen LogP contribution in [-0.2, 0) is 20.5 Å². The maximum absolute atomic E-state index is 12.6. The number of hydrogen-bond acceptors (Lipinski definition) is 9. The smallest absolute Gasteiger partial charge is 0.433 e. The Morgan fingerprint density at radius 3 is 2.38 bits per heavy atom. The molecule has 0 unspecified atom stereocenters. The van der Waals surface area contributed by atoms with Crippen molar-refractivity contribution in [3.05, 3.63) is 29.7 Å². The number of carbonyl (C=O) groups is 2. The number of carbonyl (C=O) groups excluding carboxylic acids is 2. The first-order valence-electron chi connectivity index (χ1n) is 11.0. The van der Waals surface area contributed by atoms with E-state index in [-0.39, 0.29) is 65.6 Å². The number of nitrogens with one attached hydrogen (secondary N) is 2. The molecule has 1 aliphatic heterocycles. The fourth-order valence-electron chi connectivity index (χ4n) is 4.16. The van der Waals surface area contributed by atoms with Crippen molar-refractivity contribution >= 4 is 56.3 Å². The van der Waals surface area contributed by atoms with Gasteiger partial charge in [-0.1, -0.05) is 14.9 Å². The van der Waals surface area contributed by atoms with E-state index >= 15 is 0 Å². The van der Waals surface area contributed by atoms with Crippen molar-refractivity contribution in [3.63, 3.8) is 0 Å². The van der Waals surface area contributed by atoms with E-state index in [0.29, 0.717) is 36.0 Å². The number of esters is 1. The van der Waals surface area contributed by atoms with Crippen LogP contribution >= 0.6 is 27.0 Å². The van der Waals surface area contributed by atoms with Crippen LogP contribution in [0.1, 0.15) is 52.9 Å². The molecule has 4 rings (SSSR count). The molecule has 0 radical (unpaired) electrons. The summed E-state index contributed by atoms with van der Waals surface area (Å²) in [5.74, 6) is 0.319. The lowest BCUT2D eigenvalue weighted by Crippen LogP contribution is -2.53. The van der Waals surface area contributed by atoms with E-state index in [1.165, 1.54) is 13.0 Å². The molecule has 0 saturated heterocycles. The lowest BCUT2D eigenvalue weighted by atomic mass is 9.89. The van der Waals surface area contributed by atoms with E-state index in [1.54, 1.807) is 25.8 Å². The van der Waals surface area contributed by atoms with Gasteiger partial charge < -0.3 is 25.0 Å². The van der Waals surface area contributed by atoms with Crippen LogP contribution in [-0.4, -0.2) is 58.2 Å². The fourth-order valence-corrected chi connectivity index (χ4v) is 4.16. The summed E-state index contributed by atoms with van der Waals surface area (Å²) in [6, 6.07) is 1.38. The van der Waals surface area contributed by atoms with Crippen molar-refractivity contribution in [2.45, 2.75) is 78.9 Å². The van der Waals surface area contributed by atoms with E-state index in [9.17, 15) is 22.8 Å². The third-order valence-corrected chi connectivity index (χ3v) is 5.89. The van der Waals surface area contributed by atoms with Crippen LogP contribution in [0, 0.1) is 6.92 Å². The number of aryl methyl sites for hydroxylation is 1. The number of anilines is 3. The Hall–Kier alpha value is -2.94. The lowest BCUT2D eigenvalue weighted by molar-refractivity contribution is -0.147. The largest absolute Gasteiger partial charge is 0.489 e. The summed E-state index contributed by atoms with van der Waals surface area (Å²) in [5, 5.41) is 6.03. The van der Waals surface area contributed by atoms with E-state index < -0.39 is 30.0 Å². The second-order valence-electron chi connectivity index (χ2n) is 8.62. The third-order valence-electron chi connectivity index (χ3n) is 5.89. The second kappa shape index (κ2) is 13.9. The SMILES string of the molecule is C.C.CC(=O)O[C@@H](C)[C@H]1C(=O)Nc2c(C)nc(NC3CC(Oc4ccc(C(F)(F)F)nc4)C3)nc2N1C.S.S. The molecule has 39 heavy (non-hydrogen) atoms. The number of rotatable bonds is 6. The van der Waals surface area contributed by atoms with Crippen LogP contribution in [0.3, 0.4) is 0 Å². The average molecular weight is 595 g/mol. The number of halogens is 3.